The second kappa shape index (κ2) is 20.6. The van der Waals surface area contributed by atoms with Gasteiger partial charge in [0.1, 0.15) is 0 Å². The second-order valence-corrected chi connectivity index (χ2v) is 13.8. The number of allylic oxidation sites excluding steroid dienone is 15. The second-order valence-electron chi connectivity index (χ2n) is 13.8. The van der Waals surface area contributed by atoms with Crippen LogP contribution in [-0.4, -0.2) is 13.7 Å². The van der Waals surface area contributed by atoms with E-state index in [-0.39, 0.29) is 0 Å². The van der Waals surface area contributed by atoms with Crippen molar-refractivity contribution in [3.8, 4) is 12.3 Å². The molecule has 0 N–H and O–H groups in total. The summed E-state index contributed by atoms with van der Waals surface area (Å²) >= 11 is 0. The molecule has 0 aliphatic heterocycles. The molecule has 0 aliphatic rings. The molecule has 0 amide bonds. The Morgan fingerprint density at radius 3 is 1.92 bits per heavy atom. The zero-order valence-corrected chi connectivity index (χ0v) is 36.3. The van der Waals surface area contributed by atoms with E-state index in [2.05, 4.69) is 200 Å². The smallest absolute Gasteiger partial charge is 0.0545 e. The zero-order chi connectivity index (χ0) is 42.5. The molecular weight excluding hydrogens is 715 g/mol. The lowest BCUT2D eigenvalue weighted by atomic mass is 10.00. The first-order valence-corrected chi connectivity index (χ1v) is 20.8. The lowest BCUT2D eigenvalue weighted by Crippen LogP contribution is -1.99. The van der Waals surface area contributed by atoms with Crippen LogP contribution in [0.3, 0.4) is 0 Å². The average molecular weight is 774 g/mol. The van der Waals surface area contributed by atoms with Gasteiger partial charge in [0.25, 0.3) is 0 Å². The summed E-state index contributed by atoms with van der Waals surface area (Å²) in [7, 11) is 0. The number of aromatic nitrogens is 3. The summed E-state index contributed by atoms with van der Waals surface area (Å²) in [5.74, 6) is 2.25. The first-order chi connectivity index (χ1) is 28.9. The van der Waals surface area contributed by atoms with Crippen LogP contribution in [0.2, 0.25) is 0 Å². The maximum atomic E-state index is 4.60. The van der Waals surface area contributed by atoms with Gasteiger partial charge in [-0.15, -0.1) is 12.3 Å². The van der Waals surface area contributed by atoms with Crippen LogP contribution in [0.25, 0.3) is 83.3 Å². The Labute approximate surface area is 352 Å². The van der Waals surface area contributed by atoms with Gasteiger partial charge in [-0.05, 0) is 125 Å². The van der Waals surface area contributed by atoms with Gasteiger partial charge in [0, 0.05) is 49.7 Å². The molecule has 3 aromatic heterocycles. The van der Waals surface area contributed by atoms with Crippen LogP contribution in [0.5, 0.6) is 0 Å². The standard InChI is InChI=1S/C51H49N3.C3H4.C2H6/c1-8-14-16-22-36(7)52-47-27-20-18-25-43(47)51-45-35-41(21-10-3)53(49(45)32-33-50(51)52)40(13-6)30-28-37(11-4)38-29-31-48-44(34-38)42-24-17-19-26-46(42)54(48)39(12-5)23-15-9-2;1-3-2;1-2/h8-10,12,14-35H,1,5,11,13H2,2-4,6-7H3;1H,2H3;1-2H3/b15-9-,16-14-,21-10-,36-22+,37-28+,39-23+,40-30+;;. The van der Waals surface area contributed by atoms with Gasteiger partial charge in [-0.1, -0.05) is 126 Å². The molecule has 0 bridgehead atoms. The Kier molecular flexibility index (Phi) is 15.1. The highest BCUT2D eigenvalue weighted by Crippen LogP contribution is 2.40. The summed E-state index contributed by atoms with van der Waals surface area (Å²) in [6.45, 7) is 24.4. The number of rotatable bonds is 12. The normalized spacial score (nSPS) is 12.9. The fourth-order valence-corrected chi connectivity index (χ4v) is 7.96. The summed E-state index contributed by atoms with van der Waals surface area (Å²) in [6.07, 6.45) is 31.6. The van der Waals surface area contributed by atoms with Crippen molar-refractivity contribution in [2.45, 2.75) is 68.2 Å². The van der Waals surface area contributed by atoms with Gasteiger partial charge in [-0.3, -0.25) is 0 Å². The van der Waals surface area contributed by atoms with E-state index in [9.17, 15) is 0 Å². The van der Waals surface area contributed by atoms with Crippen LogP contribution in [-0.2, 0) is 0 Å². The minimum Gasteiger partial charge on any atom is -0.314 e. The number of fused-ring (bicyclic) bond motifs is 8. The van der Waals surface area contributed by atoms with Gasteiger partial charge < -0.3 is 13.7 Å². The minimum absolute atomic E-state index is 0.883. The molecule has 4 aromatic carbocycles. The Bertz CT molecular complexity index is 2890. The van der Waals surface area contributed by atoms with Gasteiger partial charge in [0.15, 0.2) is 0 Å². The summed E-state index contributed by atoms with van der Waals surface area (Å²) in [4.78, 5) is 0. The third-order valence-corrected chi connectivity index (χ3v) is 10.4. The van der Waals surface area contributed by atoms with Gasteiger partial charge in [-0.2, -0.15) is 0 Å². The quantitative estimate of drug-likeness (QED) is 0.0868. The van der Waals surface area contributed by atoms with Crippen LogP contribution in [0.15, 0.2) is 165 Å². The first kappa shape index (κ1) is 43.4. The van der Waals surface area contributed by atoms with E-state index in [0.717, 1.165) is 24.2 Å². The van der Waals surface area contributed by atoms with Gasteiger partial charge in [0.05, 0.1) is 27.6 Å². The molecule has 7 rings (SSSR count). The predicted molar refractivity (Wildman–Crippen MR) is 266 cm³/mol. The Morgan fingerprint density at radius 1 is 0.644 bits per heavy atom. The lowest BCUT2D eigenvalue weighted by Gasteiger charge is -2.13. The first-order valence-electron chi connectivity index (χ1n) is 20.8. The van der Waals surface area contributed by atoms with Crippen molar-refractivity contribution < 1.29 is 0 Å². The number of benzene rings is 4. The molecule has 3 nitrogen and oxygen atoms in total. The van der Waals surface area contributed by atoms with E-state index < -0.39 is 0 Å². The molecule has 0 aliphatic carbocycles. The molecular formula is C56H59N3. The van der Waals surface area contributed by atoms with Gasteiger partial charge in [-0.25, -0.2) is 0 Å². The SMILES string of the molecule is C#CC.C=C/C=C\C=C(/C)n1c2ccccc2c2c3cc(/C=C\C)n(/C(=C/C=C(\CC)c4ccc5c(c4)c4ccccc4n5/C(C=C)=C/C=C\C)CC)c3ccc21.CC. The minimum atomic E-state index is 0.883. The number of para-hydroxylation sites is 2. The number of hydrogen-bond donors (Lipinski definition) is 0. The molecule has 298 valence electrons. The number of hydrogen-bond acceptors (Lipinski definition) is 0. The van der Waals surface area contributed by atoms with E-state index in [1.54, 1.807) is 6.92 Å². The molecule has 7 aromatic rings. The molecule has 3 heteroatoms. The Hall–Kier alpha value is -6.76. The van der Waals surface area contributed by atoms with Crippen LogP contribution < -0.4 is 0 Å². The van der Waals surface area contributed by atoms with Crippen molar-refractivity contribution in [3.05, 3.63) is 176 Å². The summed E-state index contributed by atoms with van der Waals surface area (Å²) < 4.78 is 7.14. The highest BCUT2D eigenvalue weighted by Gasteiger charge is 2.19. The summed E-state index contributed by atoms with van der Waals surface area (Å²) in [5.41, 5.74) is 13.2. The third-order valence-electron chi connectivity index (χ3n) is 10.4. The third kappa shape index (κ3) is 8.59. The molecule has 0 saturated heterocycles. The molecule has 3 heterocycles. The Morgan fingerprint density at radius 2 is 1.27 bits per heavy atom. The highest BCUT2D eigenvalue weighted by atomic mass is 15.0. The van der Waals surface area contributed by atoms with E-state index in [4.69, 9.17) is 0 Å². The molecule has 0 spiro atoms. The maximum absolute atomic E-state index is 4.60. The van der Waals surface area contributed by atoms with Crippen molar-refractivity contribution in [1.82, 2.24) is 13.7 Å². The van der Waals surface area contributed by atoms with Gasteiger partial charge in [0.2, 0.25) is 0 Å². The molecule has 0 fully saturated rings. The van der Waals surface area contributed by atoms with E-state index >= 15 is 0 Å². The molecule has 0 radical (unpaired) electrons. The molecule has 59 heavy (non-hydrogen) atoms. The number of nitrogens with zero attached hydrogens (tertiary/aromatic N) is 3. The van der Waals surface area contributed by atoms with Crippen molar-refractivity contribution in [2.24, 2.45) is 0 Å². The fraction of sp³-hybridized carbons (Fsp3) is 0.179. The predicted octanol–water partition coefficient (Wildman–Crippen LogP) is 16.5. The zero-order valence-electron chi connectivity index (χ0n) is 36.3. The van der Waals surface area contributed by atoms with Crippen molar-refractivity contribution in [3.63, 3.8) is 0 Å². The van der Waals surface area contributed by atoms with Gasteiger partial charge >= 0.3 is 0 Å². The fourth-order valence-electron chi connectivity index (χ4n) is 7.96. The molecule has 0 unspecified atom stereocenters. The topological polar surface area (TPSA) is 14.8 Å². The lowest BCUT2D eigenvalue weighted by molar-refractivity contribution is 1.04. The maximum Gasteiger partial charge on any atom is 0.0545 e. The summed E-state index contributed by atoms with van der Waals surface area (Å²) in [5, 5.41) is 6.28. The largest absolute Gasteiger partial charge is 0.314 e. The van der Waals surface area contributed by atoms with Crippen LogP contribution in [0.4, 0.5) is 0 Å². The highest BCUT2D eigenvalue weighted by molar-refractivity contribution is 6.22. The van der Waals surface area contributed by atoms with Crippen molar-refractivity contribution in [1.29, 1.82) is 0 Å². The van der Waals surface area contributed by atoms with E-state index in [1.165, 1.54) is 77.0 Å². The van der Waals surface area contributed by atoms with E-state index in [0.29, 0.717) is 0 Å². The summed E-state index contributed by atoms with van der Waals surface area (Å²) in [6, 6.07) is 31.3. The van der Waals surface area contributed by atoms with E-state index in [1.807, 2.05) is 45.1 Å². The van der Waals surface area contributed by atoms with Crippen LogP contribution in [0.1, 0.15) is 79.5 Å². The monoisotopic (exact) mass is 773 g/mol. The Balaban J connectivity index is 0.00000127. The van der Waals surface area contributed by atoms with Crippen LogP contribution >= 0.6 is 0 Å². The van der Waals surface area contributed by atoms with Crippen molar-refractivity contribution in [2.75, 3.05) is 0 Å². The molecule has 0 atom stereocenters. The molecule has 0 saturated carbocycles. The van der Waals surface area contributed by atoms with Crippen molar-refractivity contribution >= 4 is 83.3 Å². The average Bonchev–Trinajstić information content (AvgIpc) is 3.91. The number of terminal acetylenes is 1. The van der Waals surface area contributed by atoms with Crippen LogP contribution in [0, 0.1) is 12.3 Å².